The molecule has 12 heteroatoms. The quantitative estimate of drug-likeness (QED) is 0.510. The van der Waals surface area contributed by atoms with Gasteiger partial charge in [0.05, 0.1) is 17.9 Å². The molecular weight excluding hydrogens is 464 g/mol. The Morgan fingerprint density at radius 2 is 1.85 bits per heavy atom. The van der Waals surface area contributed by atoms with Crippen LogP contribution in [0.4, 0.5) is 22.4 Å². The number of halogens is 4. The van der Waals surface area contributed by atoms with Crippen molar-refractivity contribution in [2.24, 2.45) is 4.99 Å². The largest absolute Gasteiger partial charge is 0.507 e. The summed E-state index contributed by atoms with van der Waals surface area (Å²) in [6.45, 7) is 3.90. The van der Waals surface area contributed by atoms with Gasteiger partial charge in [-0.3, -0.25) is 9.55 Å². The molecule has 7 nitrogen and oxygen atoms in total. The first-order valence-corrected chi connectivity index (χ1v) is 10.5. The molecule has 0 N–H and O–H groups in total. The third-order valence-corrected chi connectivity index (χ3v) is 5.71. The number of pyridine rings is 1. The monoisotopic (exact) mass is 482 g/mol. The number of urea groups is 1. The first-order chi connectivity index (χ1) is 15.5. The summed E-state index contributed by atoms with van der Waals surface area (Å²) in [6.07, 6.45) is -6.35. The molecule has 0 radical (unpaired) electrons. The fourth-order valence-electron chi connectivity index (χ4n) is 3.07. The van der Waals surface area contributed by atoms with E-state index in [9.17, 15) is 22.4 Å². The second-order valence-corrected chi connectivity index (χ2v) is 8.59. The topological polar surface area (TPSA) is 69.0 Å². The lowest BCUT2D eigenvalue weighted by atomic mass is 10.2. The van der Waals surface area contributed by atoms with E-state index in [-0.39, 0.29) is 17.0 Å². The Hall–Kier alpha value is -3.41. The SMILES string of the molecule is Cc1cn(-c2ccc3c(c2)OC(F)(F)C(F)(F)O3)/c(=N/C(=O)N(C)Cc2ncccc2C)s1. The minimum atomic E-state index is -4.83. The number of thiazole rings is 1. The molecule has 4 rings (SSSR count). The van der Waals surface area contributed by atoms with Crippen molar-refractivity contribution in [3.8, 4) is 17.2 Å². The summed E-state index contributed by atoms with van der Waals surface area (Å²) in [5, 5.41) is 0. The summed E-state index contributed by atoms with van der Waals surface area (Å²) in [5.74, 6) is -1.08. The molecule has 0 unspecified atom stereocenters. The molecule has 1 aliphatic rings. The molecule has 33 heavy (non-hydrogen) atoms. The Morgan fingerprint density at radius 1 is 1.15 bits per heavy atom. The number of rotatable bonds is 3. The second-order valence-electron chi connectivity index (χ2n) is 7.38. The Balaban J connectivity index is 1.65. The number of nitrogens with zero attached hydrogens (tertiary/aromatic N) is 4. The molecule has 0 aliphatic carbocycles. The molecule has 3 heterocycles. The van der Waals surface area contributed by atoms with E-state index in [2.05, 4.69) is 19.5 Å². The van der Waals surface area contributed by atoms with Crippen LogP contribution in [0.3, 0.4) is 0 Å². The van der Waals surface area contributed by atoms with Crippen molar-refractivity contribution in [3.63, 3.8) is 0 Å². The minimum absolute atomic E-state index is 0.243. The van der Waals surface area contributed by atoms with Crippen molar-refractivity contribution < 1.29 is 31.8 Å². The van der Waals surface area contributed by atoms with Gasteiger partial charge in [-0.2, -0.15) is 22.6 Å². The van der Waals surface area contributed by atoms with Gasteiger partial charge in [0.2, 0.25) is 0 Å². The highest BCUT2D eigenvalue weighted by Crippen LogP contribution is 2.47. The maximum absolute atomic E-state index is 13.6. The summed E-state index contributed by atoms with van der Waals surface area (Å²) in [5.41, 5.74) is 1.93. The number of amides is 2. The molecule has 2 aromatic heterocycles. The number of alkyl halides is 4. The molecule has 0 saturated heterocycles. The van der Waals surface area contributed by atoms with Crippen molar-refractivity contribution >= 4 is 17.4 Å². The molecule has 1 aliphatic heterocycles. The molecule has 174 valence electrons. The zero-order valence-electron chi connectivity index (χ0n) is 17.7. The normalized spacial score (nSPS) is 16.5. The molecule has 0 fully saturated rings. The van der Waals surface area contributed by atoms with E-state index in [0.717, 1.165) is 28.3 Å². The van der Waals surface area contributed by atoms with Gasteiger partial charge in [0.25, 0.3) is 0 Å². The number of carbonyl (C=O) groups excluding carboxylic acids is 1. The van der Waals surface area contributed by atoms with E-state index >= 15 is 0 Å². The van der Waals surface area contributed by atoms with Crippen molar-refractivity contribution in [3.05, 3.63) is 63.7 Å². The standard InChI is InChI=1S/C21H18F4N4O3S/c1-12-5-4-8-26-15(12)11-28(3)18(30)27-19-29(10-13(2)33-19)14-6-7-16-17(9-14)32-21(24,25)20(22,23)31-16/h4-10H,11H2,1-3H3/b27-19-. The van der Waals surface area contributed by atoms with E-state index in [1.165, 1.54) is 26.9 Å². The van der Waals surface area contributed by atoms with Gasteiger partial charge in [-0.25, -0.2) is 4.79 Å². The Bertz CT molecular complexity index is 1290. The van der Waals surface area contributed by atoms with E-state index in [1.807, 2.05) is 13.0 Å². The lowest BCUT2D eigenvalue weighted by molar-refractivity contribution is -0.391. The van der Waals surface area contributed by atoms with Crippen LogP contribution in [0, 0.1) is 13.8 Å². The van der Waals surface area contributed by atoms with Crippen LogP contribution in [0.5, 0.6) is 11.5 Å². The molecule has 3 aromatic rings. The fraction of sp³-hybridized carbons (Fsp3) is 0.286. The van der Waals surface area contributed by atoms with Crippen LogP contribution in [0.25, 0.3) is 5.69 Å². The van der Waals surface area contributed by atoms with Gasteiger partial charge in [-0.15, -0.1) is 11.3 Å². The van der Waals surface area contributed by atoms with Gasteiger partial charge in [-0.05, 0) is 37.6 Å². The number of ether oxygens (including phenoxy) is 2. The van der Waals surface area contributed by atoms with Crippen LogP contribution in [0.1, 0.15) is 16.1 Å². The highest BCUT2D eigenvalue weighted by Gasteiger charge is 2.65. The lowest BCUT2D eigenvalue weighted by Crippen LogP contribution is -2.52. The van der Waals surface area contributed by atoms with Crippen molar-refractivity contribution in [2.45, 2.75) is 32.6 Å². The maximum atomic E-state index is 13.6. The van der Waals surface area contributed by atoms with Crippen LogP contribution >= 0.6 is 11.3 Å². The van der Waals surface area contributed by atoms with Crippen molar-refractivity contribution in [2.75, 3.05) is 7.05 Å². The molecule has 2 amide bonds. The average Bonchev–Trinajstić information content (AvgIpc) is 3.09. The van der Waals surface area contributed by atoms with Gasteiger partial charge in [0.15, 0.2) is 16.3 Å². The molecule has 1 aromatic carbocycles. The number of hydrogen-bond acceptors (Lipinski definition) is 5. The van der Waals surface area contributed by atoms with E-state index < -0.39 is 29.7 Å². The summed E-state index contributed by atoms with van der Waals surface area (Å²) in [4.78, 5) is 23.5. The highest BCUT2D eigenvalue weighted by atomic mass is 32.1. The zero-order chi connectivity index (χ0) is 24.0. The van der Waals surface area contributed by atoms with Crippen LogP contribution in [0.15, 0.2) is 47.7 Å². The number of fused-ring (bicyclic) bond motifs is 1. The Labute approximate surface area is 189 Å². The minimum Gasteiger partial charge on any atom is -0.421 e. The summed E-state index contributed by atoms with van der Waals surface area (Å²) in [6, 6.07) is 6.73. The van der Waals surface area contributed by atoms with Crippen LogP contribution in [-0.2, 0) is 6.54 Å². The van der Waals surface area contributed by atoms with E-state index in [0.29, 0.717) is 0 Å². The molecular formula is C21H18F4N4O3S. The van der Waals surface area contributed by atoms with Crippen molar-refractivity contribution in [1.82, 2.24) is 14.5 Å². The van der Waals surface area contributed by atoms with Crippen LogP contribution in [-0.4, -0.2) is 39.7 Å². The van der Waals surface area contributed by atoms with Crippen molar-refractivity contribution in [1.29, 1.82) is 0 Å². The average molecular weight is 482 g/mol. The number of benzene rings is 1. The second kappa shape index (κ2) is 8.18. The van der Waals surface area contributed by atoms with Gasteiger partial charge in [0.1, 0.15) is 0 Å². The summed E-state index contributed by atoms with van der Waals surface area (Å²) >= 11 is 1.19. The molecule has 0 atom stereocenters. The summed E-state index contributed by atoms with van der Waals surface area (Å²) < 4.78 is 63.7. The third kappa shape index (κ3) is 4.42. The predicted octanol–water partition coefficient (Wildman–Crippen LogP) is 4.66. The molecule has 0 saturated carbocycles. The van der Waals surface area contributed by atoms with Gasteiger partial charge < -0.3 is 14.4 Å². The third-order valence-electron chi connectivity index (χ3n) is 4.81. The number of carbonyl (C=O) groups is 1. The van der Waals surface area contributed by atoms with E-state index in [4.69, 9.17) is 0 Å². The smallest absolute Gasteiger partial charge is 0.421 e. The Kier molecular flexibility index (Phi) is 5.64. The predicted molar refractivity (Wildman–Crippen MR) is 111 cm³/mol. The van der Waals surface area contributed by atoms with Gasteiger partial charge in [-0.1, -0.05) is 6.07 Å². The zero-order valence-corrected chi connectivity index (χ0v) is 18.5. The Morgan fingerprint density at radius 3 is 2.55 bits per heavy atom. The number of hydrogen-bond donors (Lipinski definition) is 0. The van der Waals surface area contributed by atoms with Gasteiger partial charge >= 0.3 is 18.2 Å². The lowest BCUT2D eigenvalue weighted by Gasteiger charge is -2.31. The van der Waals surface area contributed by atoms with Gasteiger partial charge in [0, 0.05) is 30.4 Å². The maximum Gasteiger partial charge on any atom is 0.507 e. The highest BCUT2D eigenvalue weighted by molar-refractivity contribution is 7.09. The fourth-order valence-corrected chi connectivity index (χ4v) is 3.89. The first kappa shape index (κ1) is 22.8. The summed E-state index contributed by atoms with van der Waals surface area (Å²) in [7, 11) is 1.58. The van der Waals surface area contributed by atoms with Crippen LogP contribution in [0.2, 0.25) is 0 Å². The number of aryl methyl sites for hydroxylation is 2. The first-order valence-electron chi connectivity index (χ1n) is 9.64. The molecule has 0 bridgehead atoms. The number of aromatic nitrogens is 2. The van der Waals surface area contributed by atoms with E-state index in [1.54, 1.807) is 32.4 Å². The van der Waals surface area contributed by atoms with Crippen LogP contribution < -0.4 is 14.3 Å². The molecule has 0 spiro atoms.